The second kappa shape index (κ2) is 7.58. The van der Waals surface area contributed by atoms with Gasteiger partial charge in [0, 0.05) is 0 Å². The first-order chi connectivity index (χ1) is 12.5. The molecule has 0 radical (unpaired) electrons. The smallest absolute Gasteiger partial charge is 0.416 e. The summed E-state index contributed by atoms with van der Waals surface area (Å²) in [5.41, 5.74) is 1.50. The molecule has 1 aliphatic rings. The molecular weight excluding hydrogens is 334 g/mol. The molecule has 1 heterocycles. The molecular formula is C20H21NO5. The summed E-state index contributed by atoms with van der Waals surface area (Å²) in [6.07, 6.45) is -1.27. The summed E-state index contributed by atoms with van der Waals surface area (Å²) in [5.74, 6) is -1.23. The van der Waals surface area contributed by atoms with Gasteiger partial charge in [0.25, 0.3) is 0 Å². The van der Waals surface area contributed by atoms with E-state index in [9.17, 15) is 19.8 Å². The van der Waals surface area contributed by atoms with E-state index in [2.05, 4.69) is 0 Å². The molecule has 2 aromatic rings. The van der Waals surface area contributed by atoms with Crippen LogP contribution >= 0.6 is 0 Å². The van der Waals surface area contributed by atoms with Crippen molar-refractivity contribution in [2.45, 2.75) is 25.5 Å². The Labute approximate surface area is 151 Å². The lowest BCUT2D eigenvalue weighted by Crippen LogP contribution is -2.44. The molecule has 26 heavy (non-hydrogen) atoms. The molecule has 1 fully saturated rings. The Morgan fingerprint density at radius 1 is 1.19 bits per heavy atom. The van der Waals surface area contributed by atoms with Crippen molar-refractivity contribution in [2.75, 3.05) is 6.61 Å². The van der Waals surface area contributed by atoms with Crippen LogP contribution in [0.5, 0.6) is 5.75 Å². The average molecular weight is 355 g/mol. The SMILES string of the molecule is C[C@@H](C(=O)N1C(=O)OC[C@@H]1Cc1ccccc1)[C@H](O)c1ccc(O)cc1. The van der Waals surface area contributed by atoms with Crippen LogP contribution in [0.1, 0.15) is 24.2 Å². The van der Waals surface area contributed by atoms with Gasteiger partial charge >= 0.3 is 6.09 Å². The second-order valence-corrected chi connectivity index (χ2v) is 6.45. The van der Waals surface area contributed by atoms with Crippen LogP contribution in [0.4, 0.5) is 4.79 Å². The van der Waals surface area contributed by atoms with Crippen LogP contribution in [0, 0.1) is 5.92 Å². The van der Waals surface area contributed by atoms with Gasteiger partial charge in [-0.05, 0) is 29.7 Å². The number of carbonyl (C=O) groups is 2. The molecule has 0 aliphatic carbocycles. The van der Waals surface area contributed by atoms with Gasteiger partial charge < -0.3 is 14.9 Å². The van der Waals surface area contributed by atoms with Crippen LogP contribution in [-0.4, -0.2) is 39.8 Å². The summed E-state index contributed by atoms with van der Waals surface area (Å²) in [6, 6.07) is 15.1. The Bertz CT molecular complexity index is 775. The molecule has 2 amide bonds. The molecule has 0 spiro atoms. The number of aliphatic hydroxyl groups excluding tert-OH is 1. The monoisotopic (exact) mass is 355 g/mol. The van der Waals surface area contributed by atoms with E-state index >= 15 is 0 Å². The van der Waals surface area contributed by atoms with E-state index in [0.717, 1.165) is 10.5 Å². The molecule has 1 aliphatic heterocycles. The zero-order chi connectivity index (χ0) is 18.7. The number of rotatable bonds is 5. The molecule has 0 saturated carbocycles. The summed E-state index contributed by atoms with van der Waals surface area (Å²) < 4.78 is 5.07. The molecule has 2 aromatic carbocycles. The summed E-state index contributed by atoms with van der Waals surface area (Å²) in [6.45, 7) is 1.71. The normalized spacial score (nSPS) is 19.1. The van der Waals surface area contributed by atoms with Crippen LogP contribution in [0.2, 0.25) is 0 Å². The summed E-state index contributed by atoms with van der Waals surface area (Å²) >= 11 is 0. The highest BCUT2D eigenvalue weighted by Crippen LogP contribution is 2.28. The topological polar surface area (TPSA) is 87.1 Å². The van der Waals surface area contributed by atoms with Crippen molar-refractivity contribution in [3.05, 3.63) is 65.7 Å². The minimum Gasteiger partial charge on any atom is -0.508 e. The standard InChI is InChI=1S/C20H21NO5/c1-13(18(23)15-7-9-17(22)10-8-15)19(24)21-16(12-26-20(21)25)11-14-5-3-2-4-6-14/h2-10,13,16,18,22-23H,11-12H2,1H3/t13-,16+,18+/m1/s1. The number of ether oxygens (including phenoxy) is 1. The van der Waals surface area contributed by atoms with E-state index in [1.165, 1.54) is 12.1 Å². The zero-order valence-corrected chi connectivity index (χ0v) is 14.4. The number of carbonyl (C=O) groups excluding carboxylic acids is 2. The second-order valence-electron chi connectivity index (χ2n) is 6.45. The predicted octanol–water partition coefficient (Wildman–Crippen LogP) is 2.65. The van der Waals surface area contributed by atoms with E-state index in [0.29, 0.717) is 12.0 Å². The fourth-order valence-electron chi connectivity index (χ4n) is 3.08. The van der Waals surface area contributed by atoms with Crippen molar-refractivity contribution in [3.63, 3.8) is 0 Å². The predicted molar refractivity (Wildman–Crippen MR) is 94.4 cm³/mol. The number of hydrogen-bond acceptors (Lipinski definition) is 5. The fraction of sp³-hybridized carbons (Fsp3) is 0.300. The molecule has 0 bridgehead atoms. The van der Waals surface area contributed by atoms with Crippen LogP contribution in [-0.2, 0) is 16.0 Å². The molecule has 6 nitrogen and oxygen atoms in total. The van der Waals surface area contributed by atoms with Crippen LogP contribution in [0.3, 0.4) is 0 Å². The van der Waals surface area contributed by atoms with Crippen LogP contribution in [0.15, 0.2) is 54.6 Å². The number of phenols is 1. The number of aromatic hydroxyl groups is 1. The number of nitrogens with zero attached hydrogens (tertiary/aromatic N) is 1. The number of aliphatic hydroxyl groups is 1. The minimum atomic E-state index is -1.09. The van der Waals surface area contributed by atoms with Gasteiger partial charge in [0.2, 0.25) is 5.91 Å². The number of hydrogen-bond donors (Lipinski definition) is 2. The first kappa shape index (κ1) is 17.9. The minimum absolute atomic E-state index is 0.0750. The van der Waals surface area contributed by atoms with Gasteiger partial charge in [-0.3, -0.25) is 4.79 Å². The highest BCUT2D eigenvalue weighted by molar-refractivity contribution is 5.95. The van der Waals surface area contributed by atoms with E-state index in [4.69, 9.17) is 4.74 Å². The third kappa shape index (κ3) is 3.70. The Morgan fingerprint density at radius 2 is 1.85 bits per heavy atom. The van der Waals surface area contributed by atoms with Crippen molar-refractivity contribution in [1.82, 2.24) is 4.90 Å². The van der Waals surface area contributed by atoms with Crippen molar-refractivity contribution >= 4 is 12.0 Å². The Hall–Kier alpha value is -2.86. The maximum absolute atomic E-state index is 12.9. The first-order valence-electron chi connectivity index (χ1n) is 8.48. The van der Waals surface area contributed by atoms with Crippen molar-refractivity contribution in [2.24, 2.45) is 5.92 Å². The third-order valence-electron chi connectivity index (χ3n) is 4.61. The van der Waals surface area contributed by atoms with Gasteiger partial charge in [0.05, 0.1) is 18.1 Å². The molecule has 3 rings (SSSR count). The Balaban J connectivity index is 1.75. The van der Waals surface area contributed by atoms with E-state index < -0.39 is 30.1 Å². The van der Waals surface area contributed by atoms with Gasteiger partial charge in [-0.25, -0.2) is 9.69 Å². The quantitative estimate of drug-likeness (QED) is 0.861. The fourth-order valence-corrected chi connectivity index (χ4v) is 3.08. The van der Waals surface area contributed by atoms with Crippen molar-refractivity contribution in [3.8, 4) is 5.75 Å². The van der Waals surface area contributed by atoms with Gasteiger partial charge in [-0.15, -0.1) is 0 Å². The number of imide groups is 1. The van der Waals surface area contributed by atoms with Gasteiger partial charge in [-0.1, -0.05) is 49.4 Å². The Kier molecular flexibility index (Phi) is 5.23. The summed E-state index contributed by atoms with van der Waals surface area (Å²) in [5, 5.41) is 19.8. The Morgan fingerprint density at radius 3 is 2.50 bits per heavy atom. The van der Waals surface area contributed by atoms with E-state index in [1.54, 1.807) is 19.1 Å². The zero-order valence-electron chi connectivity index (χ0n) is 14.4. The lowest BCUT2D eigenvalue weighted by atomic mass is 9.95. The first-order valence-corrected chi connectivity index (χ1v) is 8.48. The van der Waals surface area contributed by atoms with Gasteiger partial charge in [0.1, 0.15) is 12.4 Å². The summed E-state index contributed by atoms with van der Waals surface area (Å²) in [7, 11) is 0. The molecule has 0 aromatic heterocycles. The lowest BCUT2D eigenvalue weighted by Gasteiger charge is -2.25. The lowest BCUT2D eigenvalue weighted by molar-refractivity contribution is -0.136. The summed E-state index contributed by atoms with van der Waals surface area (Å²) in [4.78, 5) is 26.1. The highest BCUT2D eigenvalue weighted by Gasteiger charge is 2.41. The average Bonchev–Trinajstić information content (AvgIpc) is 3.01. The molecule has 6 heteroatoms. The number of cyclic esters (lactones) is 1. The van der Waals surface area contributed by atoms with Crippen molar-refractivity contribution in [1.29, 1.82) is 0 Å². The molecule has 0 unspecified atom stereocenters. The number of amides is 2. The van der Waals surface area contributed by atoms with E-state index in [-0.39, 0.29) is 12.4 Å². The third-order valence-corrected chi connectivity index (χ3v) is 4.61. The highest BCUT2D eigenvalue weighted by atomic mass is 16.6. The number of phenolic OH excluding ortho intramolecular Hbond substituents is 1. The molecule has 136 valence electrons. The van der Waals surface area contributed by atoms with Gasteiger partial charge in [0.15, 0.2) is 0 Å². The van der Waals surface area contributed by atoms with Crippen molar-refractivity contribution < 1.29 is 24.5 Å². The molecule has 3 atom stereocenters. The maximum Gasteiger partial charge on any atom is 0.416 e. The number of benzene rings is 2. The van der Waals surface area contributed by atoms with E-state index in [1.807, 2.05) is 30.3 Å². The van der Waals surface area contributed by atoms with Crippen LogP contribution < -0.4 is 0 Å². The van der Waals surface area contributed by atoms with Gasteiger partial charge in [-0.2, -0.15) is 0 Å². The van der Waals surface area contributed by atoms with Crippen LogP contribution in [0.25, 0.3) is 0 Å². The molecule has 1 saturated heterocycles. The molecule has 2 N–H and O–H groups in total. The largest absolute Gasteiger partial charge is 0.508 e. The maximum atomic E-state index is 12.9.